The quantitative estimate of drug-likeness (QED) is 0.446. The zero-order valence-corrected chi connectivity index (χ0v) is 7.07. The first-order valence-corrected chi connectivity index (χ1v) is 4.64. The third-order valence-corrected chi connectivity index (χ3v) is 2.22. The maximum absolute atomic E-state index is 5.53. The lowest BCUT2D eigenvalue weighted by molar-refractivity contribution is -0.0555. The third-order valence-electron chi connectivity index (χ3n) is 1.95. The first kappa shape index (κ1) is 8.35. The molecule has 0 spiro atoms. The molecular formula is C8H15ClO. The molecule has 1 unspecified atom stereocenters. The minimum absolute atomic E-state index is 0.593. The van der Waals surface area contributed by atoms with Crippen LogP contribution in [0, 0.1) is 0 Å². The van der Waals surface area contributed by atoms with Crippen molar-refractivity contribution in [2.75, 3.05) is 12.5 Å². The van der Waals surface area contributed by atoms with E-state index < -0.39 is 0 Å². The van der Waals surface area contributed by atoms with E-state index >= 15 is 0 Å². The predicted octanol–water partition coefficient (Wildman–Crippen LogP) is 2.57. The minimum Gasteiger partial charge on any atom is -0.378 e. The Kier molecular flexibility index (Phi) is 4.15. The maximum atomic E-state index is 5.53. The molecule has 0 amide bonds. The largest absolute Gasteiger partial charge is 0.378 e. The molecule has 0 aliphatic carbocycles. The van der Waals surface area contributed by atoms with Gasteiger partial charge < -0.3 is 4.74 Å². The van der Waals surface area contributed by atoms with Crippen LogP contribution in [0.3, 0.4) is 0 Å². The predicted molar refractivity (Wildman–Crippen MR) is 43.5 cm³/mol. The number of halogens is 1. The summed E-state index contributed by atoms with van der Waals surface area (Å²) in [6, 6.07) is 0. The van der Waals surface area contributed by atoms with Gasteiger partial charge in [-0.2, -0.15) is 0 Å². The average Bonchev–Trinajstić information content (AvgIpc) is 1.84. The normalized spacial score (nSPS) is 24.3. The van der Waals surface area contributed by atoms with E-state index in [9.17, 15) is 0 Å². The summed E-state index contributed by atoms with van der Waals surface area (Å²) in [5.74, 6) is 0.811. The SMILES string of the molecule is ClCCCCCC1CCO1. The Labute approximate surface area is 67.7 Å². The molecule has 0 aromatic heterocycles. The number of rotatable bonds is 5. The van der Waals surface area contributed by atoms with E-state index in [-0.39, 0.29) is 0 Å². The van der Waals surface area contributed by atoms with Crippen molar-refractivity contribution in [1.29, 1.82) is 0 Å². The van der Waals surface area contributed by atoms with Gasteiger partial charge in [-0.25, -0.2) is 0 Å². The van der Waals surface area contributed by atoms with Gasteiger partial charge in [0.05, 0.1) is 6.10 Å². The van der Waals surface area contributed by atoms with Crippen molar-refractivity contribution in [3.8, 4) is 0 Å². The zero-order chi connectivity index (χ0) is 7.23. The van der Waals surface area contributed by atoms with Gasteiger partial charge in [-0.15, -0.1) is 11.6 Å². The smallest absolute Gasteiger partial charge is 0.0597 e. The van der Waals surface area contributed by atoms with Gasteiger partial charge >= 0.3 is 0 Å². The van der Waals surface area contributed by atoms with Crippen LogP contribution in [-0.2, 0) is 4.74 Å². The molecule has 60 valence electrons. The van der Waals surface area contributed by atoms with Crippen molar-refractivity contribution < 1.29 is 4.74 Å². The van der Waals surface area contributed by atoms with Crippen LogP contribution >= 0.6 is 11.6 Å². The van der Waals surface area contributed by atoms with Crippen molar-refractivity contribution in [3.63, 3.8) is 0 Å². The number of hydrogen-bond donors (Lipinski definition) is 0. The summed E-state index contributed by atoms with van der Waals surface area (Å²) in [6.07, 6.45) is 6.84. The van der Waals surface area contributed by atoms with E-state index in [0.29, 0.717) is 6.10 Å². The third kappa shape index (κ3) is 2.89. The Morgan fingerprint density at radius 3 is 2.60 bits per heavy atom. The Morgan fingerprint density at radius 2 is 2.10 bits per heavy atom. The van der Waals surface area contributed by atoms with Crippen LogP contribution in [0.2, 0.25) is 0 Å². The molecule has 0 N–H and O–H groups in total. The van der Waals surface area contributed by atoms with Gasteiger partial charge in [0, 0.05) is 12.5 Å². The molecule has 1 saturated heterocycles. The molecule has 0 saturated carbocycles. The summed E-state index contributed by atoms with van der Waals surface area (Å²) in [7, 11) is 0. The zero-order valence-electron chi connectivity index (χ0n) is 6.31. The Bertz CT molecular complexity index is 81.3. The molecule has 1 atom stereocenters. The summed E-state index contributed by atoms with van der Waals surface area (Å²) in [5, 5.41) is 0. The molecular weight excluding hydrogens is 148 g/mol. The average molecular weight is 163 g/mol. The second-order valence-electron chi connectivity index (χ2n) is 2.82. The number of ether oxygens (including phenoxy) is 1. The molecule has 1 nitrogen and oxygen atoms in total. The topological polar surface area (TPSA) is 9.23 Å². The number of alkyl halides is 1. The molecule has 0 radical (unpaired) electrons. The first-order chi connectivity index (χ1) is 4.93. The van der Waals surface area contributed by atoms with Crippen LogP contribution in [0.15, 0.2) is 0 Å². The van der Waals surface area contributed by atoms with E-state index in [4.69, 9.17) is 16.3 Å². The van der Waals surface area contributed by atoms with E-state index in [1.165, 1.54) is 25.7 Å². The van der Waals surface area contributed by atoms with Crippen LogP contribution in [0.1, 0.15) is 32.1 Å². The lowest BCUT2D eigenvalue weighted by Gasteiger charge is -2.26. The Morgan fingerprint density at radius 1 is 1.30 bits per heavy atom. The molecule has 0 bridgehead atoms. The van der Waals surface area contributed by atoms with E-state index in [2.05, 4.69) is 0 Å². The summed E-state index contributed by atoms with van der Waals surface area (Å²) in [4.78, 5) is 0. The van der Waals surface area contributed by atoms with E-state index in [1.54, 1.807) is 0 Å². The van der Waals surface area contributed by atoms with Crippen LogP contribution < -0.4 is 0 Å². The van der Waals surface area contributed by atoms with Crippen molar-refractivity contribution in [1.82, 2.24) is 0 Å². The maximum Gasteiger partial charge on any atom is 0.0597 e. The van der Waals surface area contributed by atoms with Crippen molar-refractivity contribution in [2.24, 2.45) is 0 Å². The molecule has 1 aliphatic rings. The number of unbranched alkanes of at least 4 members (excludes halogenated alkanes) is 2. The summed E-state index contributed by atoms with van der Waals surface area (Å²) in [6.45, 7) is 0.986. The number of hydrogen-bond acceptors (Lipinski definition) is 1. The molecule has 0 aromatic carbocycles. The van der Waals surface area contributed by atoms with Crippen LogP contribution in [0.4, 0.5) is 0 Å². The van der Waals surface area contributed by atoms with Crippen molar-refractivity contribution >= 4 is 11.6 Å². The van der Waals surface area contributed by atoms with Gasteiger partial charge in [-0.3, -0.25) is 0 Å². The second-order valence-corrected chi connectivity index (χ2v) is 3.20. The summed E-state index contributed by atoms with van der Waals surface area (Å²) in [5.41, 5.74) is 0. The van der Waals surface area contributed by atoms with Crippen LogP contribution in [-0.4, -0.2) is 18.6 Å². The Hall–Kier alpha value is 0.250. The highest BCUT2D eigenvalue weighted by Crippen LogP contribution is 2.17. The van der Waals surface area contributed by atoms with Gasteiger partial charge in [0.25, 0.3) is 0 Å². The molecule has 1 fully saturated rings. The summed E-state index contributed by atoms with van der Waals surface area (Å²) >= 11 is 5.53. The highest BCUT2D eigenvalue weighted by Gasteiger charge is 2.16. The van der Waals surface area contributed by atoms with Crippen molar-refractivity contribution in [2.45, 2.75) is 38.2 Å². The fourth-order valence-corrected chi connectivity index (χ4v) is 1.34. The van der Waals surface area contributed by atoms with Gasteiger partial charge in [0.2, 0.25) is 0 Å². The molecule has 1 aliphatic heterocycles. The van der Waals surface area contributed by atoms with Crippen LogP contribution in [0.25, 0.3) is 0 Å². The van der Waals surface area contributed by atoms with Gasteiger partial charge in [-0.1, -0.05) is 12.8 Å². The molecule has 10 heavy (non-hydrogen) atoms. The second kappa shape index (κ2) is 4.97. The van der Waals surface area contributed by atoms with E-state index in [0.717, 1.165) is 18.9 Å². The van der Waals surface area contributed by atoms with Crippen molar-refractivity contribution in [3.05, 3.63) is 0 Å². The van der Waals surface area contributed by atoms with Crippen LogP contribution in [0.5, 0.6) is 0 Å². The Balaban J connectivity index is 1.76. The first-order valence-electron chi connectivity index (χ1n) is 4.11. The molecule has 2 heteroatoms. The molecule has 1 heterocycles. The fourth-order valence-electron chi connectivity index (χ4n) is 1.16. The van der Waals surface area contributed by atoms with E-state index in [1.807, 2.05) is 0 Å². The van der Waals surface area contributed by atoms with Gasteiger partial charge in [-0.05, 0) is 19.3 Å². The van der Waals surface area contributed by atoms with Gasteiger partial charge in [0.15, 0.2) is 0 Å². The molecule has 1 rings (SSSR count). The van der Waals surface area contributed by atoms with Gasteiger partial charge in [0.1, 0.15) is 0 Å². The lowest BCUT2D eigenvalue weighted by atomic mass is 10.1. The standard InChI is InChI=1S/C8H15ClO/c9-6-3-1-2-4-8-5-7-10-8/h8H,1-7H2. The highest BCUT2D eigenvalue weighted by atomic mass is 35.5. The lowest BCUT2D eigenvalue weighted by Crippen LogP contribution is -2.26. The molecule has 0 aromatic rings. The highest BCUT2D eigenvalue weighted by molar-refractivity contribution is 6.17. The fraction of sp³-hybridized carbons (Fsp3) is 1.00. The summed E-state index contributed by atoms with van der Waals surface area (Å²) < 4.78 is 5.28. The minimum atomic E-state index is 0.593. The monoisotopic (exact) mass is 162 g/mol.